The maximum absolute atomic E-state index is 12.0. The van der Waals surface area contributed by atoms with Gasteiger partial charge in [0.15, 0.2) is 11.5 Å². The van der Waals surface area contributed by atoms with Crippen molar-refractivity contribution in [1.29, 1.82) is 0 Å². The van der Waals surface area contributed by atoms with Gasteiger partial charge in [0.05, 0.1) is 21.3 Å². The first-order chi connectivity index (χ1) is 12.1. The van der Waals surface area contributed by atoms with E-state index in [-0.39, 0.29) is 12.5 Å². The second-order valence-corrected chi connectivity index (χ2v) is 5.50. The highest BCUT2D eigenvalue weighted by molar-refractivity contribution is 6.32. The summed E-state index contributed by atoms with van der Waals surface area (Å²) in [5.74, 6) is 1.50. The monoisotopic (exact) mass is 361 g/mol. The predicted molar refractivity (Wildman–Crippen MR) is 98.4 cm³/mol. The van der Waals surface area contributed by atoms with E-state index in [4.69, 9.17) is 25.8 Å². The highest BCUT2D eigenvalue weighted by Crippen LogP contribution is 2.34. The lowest BCUT2D eigenvalue weighted by Gasteiger charge is -2.14. The molecule has 1 amide bonds. The van der Waals surface area contributed by atoms with E-state index < -0.39 is 0 Å². The van der Waals surface area contributed by atoms with Gasteiger partial charge in [0.25, 0.3) is 0 Å². The number of rotatable bonds is 7. The molecule has 0 fully saturated rings. The Hall–Kier alpha value is -2.66. The Bertz CT molecular complexity index is 774. The Kier molecular flexibility index (Phi) is 6.71. The van der Waals surface area contributed by atoms with Crippen LogP contribution in [0.3, 0.4) is 0 Å². The van der Waals surface area contributed by atoms with E-state index in [0.717, 1.165) is 11.1 Å². The van der Waals surface area contributed by atoms with Crippen LogP contribution >= 0.6 is 11.6 Å². The minimum atomic E-state index is -0.239. The molecule has 0 aliphatic rings. The highest BCUT2D eigenvalue weighted by atomic mass is 35.5. The molecule has 0 unspecified atom stereocenters. The summed E-state index contributed by atoms with van der Waals surface area (Å²) in [6.07, 6.45) is 3.11. The van der Waals surface area contributed by atoms with Crippen LogP contribution in [0, 0.1) is 0 Å². The molecule has 0 heterocycles. The zero-order valence-corrected chi connectivity index (χ0v) is 15.1. The van der Waals surface area contributed by atoms with E-state index in [2.05, 4.69) is 5.32 Å². The molecule has 0 saturated carbocycles. The Labute approximate surface area is 152 Å². The molecule has 2 aromatic carbocycles. The largest absolute Gasteiger partial charge is 0.496 e. The topological polar surface area (TPSA) is 56.8 Å². The molecule has 5 nitrogen and oxygen atoms in total. The van der Waals surface area contributed by atoms with Crippen molar-refractivity contribution in [3.63, 3.8) is 0 Å². The van der Waals surface area contributed by atoms with E-state index in [1.54, 1.807) is 45.6 Å². The zero-order valence-electron chi connectivity index (χ0n) is 14.3. The average Bonchev–Trinajstić information content (AvgIpc) is 2.64. The van der Waals surface area contributed by atoms with Crippen molar-refractivity contribution >= 4 is 23.6 Å². The van der Waals surface area contributed by atoms with Crippen molar-refractivity contribution in [2.45, 2.75) is 6.54 Å². The minimum absolute atomic E-state index is 0.239. The Balaban J connectivity index is 2.07. The maximum Gasteiger partial charge on any atom is 0.244 e. The average molecular weight is 362 g/mol. The minimum Gasteiger partial charge on any atom is -0.496 e. The molecule has 0 aromatic heterocycles. The first-order valence-corrected chi connectivity index (χ1v) is 7.96. The number of hydrogen-bond acceptors (Lipinski definition) is 4. The number of halogens is 1. The van der Waals surface area contributed by atoms with Crippen molar-refractivity contribution in [2.24, 2.45) is 0 Å². The molecule has 0 aliphatic carbocycles. The molecule has 1 N–H and O–H groups in total. The number of amides is 1. The summed E-state index contributed by atoms with van der Waals surface area (Å²) >= 11 is 6.06. The smallest absolute Gasteiger partial charge is 0.244 e. The van der Waals surface area contributed by atoms with Crippen LogP contribution in [0.2, 0.25) is 5.02 Å². The molecule has 2 rings (SSSR count). The Morgan fingerprint density at radius 3 is 2.32 bits per heavy atom. The zero-order chi connectivity index (χ0) is 18.2. The number of carbonyl (C=O) groups excluding carboxylic acids is 1. The lowest BCUT2D eigenvalue weighted by molar-refractivity contribution is -0.116. The van der Waals surface area contributed by atoms with Crippen LogP contribution in [0.1, 0.15) is 11.1 Å². The third-order valence-corrected chi connectivity index (χ3v) is 3.90. The number of benzene rings is 2. The van der Waals surface area contributed by atoms with E-state index in [1.165, 1.54) is 6.08 Å². The molecule has 6 heteroatoms. The van der Waals surface area contributed by atoms with Crippen LogP contribution < -0.4 is 19.5 Å². The van der Waals surface area contributed by atoms with Crippen molar-refractivity contribution in [2.75, 3.05) is 21.3 Å². The van der Waals surface area contributed by atoms with Gasteiger partial charge in [-0.15, -0.1) is 0 Å². The van der Waals surface area contributed by atoms with Crippen molar-refractivity contribution < 1.29 is 19.0 Å². The molecular weight excluding hydrogens is 342 g/mol. The van der Waals surface area contributed by atoms with E-state index in [1.807, 2.05) is 18.2 Å². The van der Waals surface area contributed by atoms with Gasteiger partial charge in [-0.1, -0.05) is 29.8 Å². The molecule has 0 atom stereocenters. The second kappa shape index (κ2) is 8.99. The molecule has 25 heavy (non-hydrogen) atoms. The molecular formula is C19H20ClNO4. The highest BCUT2D eigenvalue weighted by Gasteiger charge is 2.12. The summed E-state index contributed by atoms with van der Waals surface area (Å²) in [4.78, 5) is 12.0. The summed E-state index contributed by atoms with van der Waals surface area (Å²) in [6.45, 7) is 0.287. The van der Waals surface area contributed by atoms with Crippen molar-refractivity contribution in [1.82, 2.24) is 5.32 Å². The second-order valence-electron chi connectivity index (χ2n) is 5.09. The maximum atomic E-state index is 12.0. The Morgan fingerprint density at radius 2 is 1.68 bits per heavy atom. The molecule has 0 spiro atoms. The SMILES string of the molecule is COc1cc(OC)c(OC)cc1CNC(=O)/C=C/c1ccccc1Cl. The van der Waals surface area contributed by atoms with Crippen LogP contribution in [0.4, 0.5) is 0 Å². The van der Waals surface area contributed by atoms with E-state index in [0.29, 0.717) is 22.3 Å². The van der Waals surface area contributed by atoms with Crippen LogP contribution in [0.5, 0.6) is 17.2 Å². The van der Waals surface area contributed by atoms with Crippen LogP contribution in [0.25, 0.3) is 6.08 Å². The summed E-state index contributed by atoms with van der Waals surface area (Å²) in [5, 5.41) is 3.40. The van der Waals surface area contributed by atoms with Gasteiger partial charge in [-0.2, -0.15) is 0 Å². The van der Waals surface area contributed by atoms with Gasteiger partial charge >= 0.3 is 0 Å². The van der Waals surface area contributed by atoms with Gasteiger partial charge in [0.2, 0.25) is 5.91 Å². The summed E-state index contributed by atoms with van der Waals surface area (Å²) in [5.41, 5.74) is 1.56. The van der Waals surface area contributed by atoms with Crippen LogP contribution in [0.15, 0.2) is 42.5 Å². The van der Waals surface area contributed by atoms with Gasteiger partial charge in [0.1, 0.15) is 5.75 Å². The van der Waals surface area contributed by atoms with Crippen molar-refractivity contribution in [3.8, 4) is 17.2 Å². The number of ether oxygens (including phenoxy) is 3. The standard InChI is InChI=1S/C19H20ClNO4/c1-23-16-11-18(25-3)17(24-2)10-14(16)12-21-19(22)9-8-13-6-4-5-7-15(13)20/h4-11H,12H2,1-3H3,(H,21,22)/b9-8+. The first kappa shape index (κ1) is 18.7. The number of carbonyl (C=O) groups is 1. The fraction of sp³-hybridized carbons (Fsp3) is 0.211. The van der Waals surface area contributed by atoms with Gasteiger partial charge in [-0.25, -0.2) is 0 Å². The van der Waals surface area contributed by atoms with E-state index >= 15 is 0 Å². The van der Waals surface area contributed by atoms with E-state index in [9.17, 15) is 4.79 Å². The number of hydrogen-bond donors (Lipinski definition) is 1. The van der Waals surface area contributed by atoms with Gasteiger partial charge in [0, 0.05) is 29.3 Å². The van der Waals surface area contributed by atoms with Crippen LogP contribution in [-0.2, 0) is 11.3 Å². The van der Waals surface area contributed by atoms with Crippen LogP contribution in [-0.4, -0.2) is 27.2 Å². The predicted octanol–water partition coefficient (Wildman–Crippen LogP) is 3.70. The molecule has 0 saturated heterocycles. The lowest BCUT2D eigenvalue weighted by atomic mass is 10.1. The molecule has 0 aliphatic heterocycles. The third-order valence-electron chi connectivity index (χ3n) is 3.56. The quantitative estimate of drug-likeness (QED) is 0.764. The molecule has 0 radical (unpaired) electrons. The van der Waals surface area contributed by atoms with Gasteiger partial charge in [-0.05, 0) is 23.8 Å². The lowest BCUT2D eigenvalue weighted by Crippen LogP contribution is -2.20. The molecule has 132 valence electrons. The molecule has 0 bridgehead atoms. The first-order valence-electron chi connectivity index (χ1n) is 7.58. The van der Waals surface area contributed by atoms with Gasteiger partial charge < -0.3 is 19.5 Å². The summed E-state index contributed by atoms with van der Waals surface area (Å²) in [7, 11) is 4.67. The molecule has 2 aromatic rings. The Morgan fingerprint density at radius 1 is 1.04 bits per heavy atom. The van der Waals surface area contributed by atoms with Gasteiger partial charge in [-0.3, -0.25) is 4.79 Å². The van der Waals surface area contributed by atoms with Crippen molar-refractivity contribution in [3.05, 3.63) is 58.6 Å². The number of nitrogens with one attached hydrogen (secondary N) is 1. The fourth-order valence-corrected chi connectivity index (χ4v) is 2.45. The normalized spacial score (nSPS) is 10.6. The third kappa shape index (κ3) is 4.90. The fourth-order valence-electron chi connectivity index (χ4n) is 2.25. The summed E-state index contributed by atoms with van der Waals surface area (Å²) in [6, 6.07) is 10.8. The number of methoxy groups -OCH3 is 3. The summed E-state index contributed by atoms with van der Waals surface area (Å²) < 4.78 is 15.9.